The third kappa shape index (κ3) is 3.42. The van der Waals surface area contributed by atoms with E-state index < -0.39 is 30.5 Å². The van der Waals surface area contributed by atoms with Crippen LogP contribution in [-0.4, -0.2) is 53.0 Å². The zero-order valence-corrected chi connectivity index (χ0v) is 9.68. The molecule has 96 valence electrons. The van der Waals surface area contributed by atoms with Crippen LogP contribution in [-0.2, 0) is 14.4 Å². The second-order valence-corrected chi connectivity index (χ2v) is 4.09. The van der Waals surface area contributed by atoms with Crippen LogP contribution in [0.3, 0.4) is 0 Å². The first kappa shape index (κ1) is 13.4. The Morgan fingerprint density at radius 2 is 2.18 bits per heavy atom. The van der Waals surface area contributed by atoms with Gasteiger partial charge in [0.2, 0.25) is 11.8 Å². The molecular weight excluding hydrogens is 226 g/mol. The summed E-state index contributed by atoms with van der Waals surface area (Å²) in [5.41, 5.74) is 5.48. The van der Waals surface area contributed by atoms with Crippen LogP contribution in [0.25, 0.3) is 0 Å². The number of nitrogens with two attached hydrogens (primary N) is 1. The van der Waals surface area contributed by atoms with E-state index in [2.05, 4.69) is 5.32 Å². The predicted octanol–water partition coefficient (Wildman–Crippen LogP) is -1.47. The molecule has 0 bridgehead atoms. The van der Waals surface area contributed by atoms with E-state index in [-0.39, 0.29) is 5.91 Å². The van der Waals surface area contributed by atoms with Crippen LogP contribution in [0.15, 0.2) is 0 Å². The molecule has 2 amide bonds. The molecular formula is C10H17N3O4. The van der Waals surface area contributed by atoms with Crippen LogP contribution in [0, 0.1) is 0 Å². The Kier molecular flexibility index (Phi) is 4.45. The molecule has 17 heavy (non-hydrogen) atoms. The molecule has 1 fully saturated rings. The number of amides is 2. The molecule has 1 aliphatic rings. The molecule has 7 heteroatoms. The highest BCUT2D eigenvalue weighted by atomic mass is 16.4. The lowest BCUT2D eigenvalue weighted by atomic mass is 10.2. The molecule has 2 atom stereocenters. The fraction of sp³-hybridized carbons (Fsp3) is 0.700. The first-order valence-corrected chi connectivity index (χ1v) is 5.49. The molecule has 1 aliphatic heterocycles. The summed E-state index contributed by atoms with van der Waals surface area (Å²) in [4.78, 5) is 35.1. The fourth-order valence-corrected chi connectivity index (χ4v) is 1.85. The largest absolute Gasteiger partial charge is 0.480 e. The van der Waals surface area contributed by atoms with E-state index in [0.717, 1.165) is 6.42 Å². The van der Waals surface area contributed by atoms with E-state index in [1.165, 1.54) is 4.90 Å². The maximum atomic E-state index is 11.7. The summed E-state index contributed by atoms with van der Waals surface area (Å²) in [5, 5.41) is 10.7. The van der Waals surface area contributed by atoms with Crippen LogP contribution >= 0.6 is 0 Å². The summed E-state index contributed by atoms with van der Waals surface area (Å²) < 4.78 is 0. The Balaban J connectivity index is 2.59. The molecule has 0 radical (unpaired) electrons. The zero-order chi connectivity index (χ0) is 13.0. The van der Waals surface area contributed by atoms with Crippen molar-refractivity contribution in [2.24, 2.45) is 5.73 Å². The minimum Gasteiger partial charge on any atom is -0.480 e. The molecule has 0 aliphatic carbocycles. The number of aliphatic carboxylic acids is 1. The Morgan fingerprint density at radius 3 is 2.71 bits per heavy atom. The van der Waals surface area contributed by atoms with E-state index in [4.69, 9.17) is 10.8 Å². The van der Waals surface area contributed by atoms with E-state index in [0.29, 0.717) is 13.0 Å². The summed E-state index contributed by atoms with van der Waals surface area (Å²) in [6.07, 6.45) is 1.27. The van der Waals surface area contributed by atoms with E-state index >= 15 is 0 Å². The highest BCUT2D eigenvalue weighted by Crippen LogP contribution is 2.18. The Bertz CT molecular complexity index is 330. The molecule has 1 rings (SSSR count). The van der Waals surface area contributed by atoms with Gasteiger partial charge in [-0.25, -0.2) is 0 Å². The van der Waals surface area contributed by atoms with Gasteiger partial charge in [-0.2, -0.15) is 0 Å². The second kappa shape index (κ2) is 5.62. The number of rotatable bonds is 4. The maximum Gasteiger partial charge on any atom is 0.322 e. The molecule has 0 aromatic heterocycles. The van der Waals surface area contributed by atoms with Crippen molar-refractivity contribution in [1.82, 2.24) is 10.2 Å². The number of carbonyl (C=O) groups excluding carboxylic acids is 2. The van der Waals surface area contributed by atoms with Crippen molar-refractivity contribution in [2.45, 2.75) is 31.8 Å². The normalized spacial score (nSPS) is 21.1. The minimum absolute atomic E-state index is 0.280. The predicted molar refractivity (Wildman–Crippen MR) is 59.0 cm³/mol. The first-order chi connectivity index (χ1) is 7.93. The van der Waals surface area contributed by atoms with Gasteiger partial charge < -0.3 is 21.1 Å². The highest BCUT2D eigenvalue weighted by Gasteiger charge is 2.34. The van der Waals surface area contributed by atoms with Crippen LogP contribution < -0.4 is 11.1 Å². The van der Waals surface area contributed by atoms with Gasteiger partial charge in [0.15, 0.2) is 0 Å². The van der Waals surface area contributed by atoms with E-state index in [1.807, 2.05) is 0 Å². The van der Waals surface area contributed by atoms with Gasteiger partial charge >= 0.3 is 5.97 Å². The Morgan fingerprint density at radius 1 is 1.53 bits per heavy atom. The molecule has 7 nitrogen and oxygen atoms in total. The number of hydrogen-bond donors (Lipinski definition) is 3. The Labute approximate surface area is 98.9 Å². The third-order valence-corrected chi connectivity index (χ3v) is 2.64. The van der Waals surface area contributed by atoms with Crippen molar-refractivity contribution in [2.75, 3.05) is 13.1 Å². The van der Waals surface area contributed by atoms with E-state index in [1.54, 1.807) is 6.92 Å². The number of carboxylic acids is 1. The molecule has 0 unspecified atom stereocenters. The number of carboxylic acid groups (broad SMARTS) is 1. The van der Waals surface area contributed by atoms with Gasteiger partial charge in [0, 0.05) is 6.54 Å². The van der Waals surface area contributed by atoms with Crippen LogP contribution in [0.4, 0.5) is 0 Å². The first-order valence-electron chi connectivity index (χ1n) is 5.49. The van der Waals surface area contributed by atoms with Crippen molar-refractivity contribution in [3.05, 3.63) is 0 Å². The maximum absolute atomic E-state index is 11.7. The molecule has 1 saturated heterocycles. The van der Waals surface area contributed by atoms with Gasteiger partial charge in [-0.3, -0.25) is 14.4 Å². The van der Waals surface area contributed by atoms with Gasteiger partial charge in [-0.05, 0) is 19.8 Å². The van der Waals surface area contributed by atoms with Crippen molar-refractivity contribution in [3.63, 3.8) is 0 Å². The van der Waals surface area contributed by atoms with Crippen LogP contribution in [0.2, 0.25) is 0 Å². The van der Waals surface area contributed by atoms with Crippen LogP contribution in [0.5, 0.6) is 0 Å². The summed E-state index contributed by atoms with van der Waals surface area (Å²) in [5.74, 6) is -1.82. The fourth-order valence-electron chi connectivity index (χ4n) is 1.85. The molecule has 0 spiro atoms. The monoisotopic (exact) mass is 243 g/mol. The molecule has 1 heterocycles. The molecule has 0 saturated carbocycles. The quantitative estimate of drug-likeness (QED) is 0.557. The molecule has 0 aromatic rings. The lowest BCUT2D eigenvalue weighted by Crippen LogP contribution is -2.51. The van der Waals surface area contributed by atoms with Gasteiger partial charge in [0.25, 0.3) is 0 Å². The molecule has 4 N–H and O–H groups in total. The standard InChI is InChI=1S/C10H17N3O4/c1-6(11)10(17)13-4-2-3-7(13)9(16)12-5-8(14)15/h6-7H,2-5,11H2,1H3,(H,12,16)(H,14,15)/t6-,7-/m1/s1. The van der Waals surface area contributed by atoms with E-state index in [9.17, 15) is 14.4 Å². The smallest absolute Gasteiger partial charge is 0.322 e. The lowest BCUT2D eigenvalue weighted by molar-refractivity contribution is -0.141. The van der Waals surface area contributed by atoms with Crippen molar-refractivity contribution >= 4 is 17.8 Å². The lowest BCUT2D eigenvalue weighted by Gasteiger charge is -2.25. The number of carbonyl (C=O) groups is 3. The third-order valence-electron chi connectivity index (χ3n) is 2.64. The second-order valence-electron chi connectivity index (χ2n) is 4.09. The summed E-state index contributed by atoms with van der Waals surface area (Å²) in [6, 6.07) is -1.24. The number of hydrogen-bond acceptors (Lipinski definition) is 4. The van der Waals surface area contributed by atoms with Gasteiger partial charge in [0.05, 0.1) is 6.04 Å². The summed E-state index contributed by atoms with van der Waals surface area (Å²) in [6.45, 7) is 1.62. The average Bonchev–Trinajstić information content (AvgIpc) is 2.73. The number of likely N-dealkylation sites (tertiary alicyclic amines) is 1. The van der Waals surface area contributed by atoms with Gasteiger partial charge in [-0.1, -0.05) is 0 Å². The number of nitrogens with one attached hydrogen (secondary N) is 1. The van der Waals surface area contributed by atoms with Crippen molar-refractivity contribution in [1.29, 1.82) is 0 Å². The van der Waals surface area contributed by atoms with Gasteiger partial charge in [0.1, 0.15) is 12.6 Å². The Hall–Kier alpha value is -1.63. The summed E-state index contributed by atoms with van der Waals surface area (Å²) >= 11 is 0. The number of nitrogens with zero attached hydrogens (tertiary/aromatic N) is 1. The molecule has 0 aromatic carbocycles. The zero-order valence-electron chi connectivity index (χ0n) is 9.68. The minimum atomic E-state index is -1.11. The van der Waals surface area contributed by atoms with Gasteiger partial charge in [-0.15, -0.1) is 0 Å². The van der Waals surface area contributed by atoms with Crippen LogP contribution in [0.1, 0.15) is 19.8 Å². The van der Waals surface area contributed by atoms with Crippen molar-refractivity contribution < 1.29 is 19.5 Å². The average molecular weight is 243 g/mol. The topological polar surface area (TPSA) is 113 Å². The highest BCUT2D eigenvalue weighted by molar-refractivity contribution is 5.91. The SMILES string of the molecule is C[C@@H](N)C(=O)N1CCC[C@@H]1C(=O)NCC(=O)O. The van der Waals surface area contributed by atoms with Crippen molar-refractivity contribution in [3.8, 4) is 0 Å². The summed E-state index contributed by atoms with van der Waals surface area (Å²) in [7, 11) is 0.